The highest BCUT2D eigenvalue weighted by atomic mass is 79.9. The Bertz CT molecular complexity index is 851. The average molecular weight is 421 g/mol. The zero-order valence-corrected chi connectivity index (χ0v) is 15.8. The van der Waals surface area contributed by atoms with Gasteiger partial charge in [-0.05, 0) is 43.3 Å². The number of carbonyl (C=O) groups is 1. The second kappa shape index (κ2) is 9.00. The number of nitro groups is 1. The van der Waals surface area contributed by atoms with Crippen LogP contribution in [0, 0.1) is 10.1 Å². The first kappa shape index (κ1) is 19.5. The largest absolute Gasteiger partial charge is 0.496 e. The van der Waals surface area contributed by atoms with Crippen molar-refractivity contribution in [2.75, 3.05) is 19.0 Å². The standard InChI is InChI=1S/C18H17BrN2O5/c1-3-26-17-8-5-13(19)10-12(17)4-9-18(22)20-15-7-6-14(25-2)11-16(15)21(23)24/h4-11H,3H2,1-2H3,(H,20,22)/b9-4+. The van der Waals surface area contributed by atoms with Crippen molar-refractivity contribution in [2.24, 2.45) is 0 Å². The normalized spacial score (nSPS) is 10.6. The molecule has 8 heteroatoms. The topological polar surface area (TPSA) is 90.7 Å². The number of hydrogen-bond donors (Lipinski definition) is 1. The molecule has 2 aromatic carbocycles. The van der Waals surface area contributed by atoms with Gasteiger partial charge >= 0.3 is 0 Å². The van der Waals surface area contributed by atoms with E-state index in [4.69, 9.17) is 9.47 Å². The molecule has 0 heterocycles. The minimum atomic E-state index is -0.580. The van der Waals surface area contributed by atoms with Gasteiger partial charge in [0.05, 0.1) is 24.7 Å². The Kier molecular flexibility index (Phi) is 6.74. The van der Waals surface area contributed by atoms with Gasteiger partial charge in [0.1, 0.15) is 17.2 Å². The van der Waals surface area contributed by atoms with Crippen molar-refractivity contribution < 1.29 is 19.2 Å². The maximum atomic E-state index is 12.2. The summed E-state index contributed by atoms with van der Waals surface area (Å²) >= 11 is 3.37. The summed E-state index contributed by atoms with van der Waals surface area (Å²) in [7, 11) is 1.41. The maximum Gasteiger partial charge on any atom is 0.296 e. The van der Waals surface area contributed by atoms with E-state index in [0.717, 1.165) is 4.47 Å². The van der Waals surface area contributed by atoms with E-state index in [-0.39, 0.29) is 11.4 Å². The van der Waals surface area contributed by atoms with Crippen LogP contribution < -0.4 is 14.8 Å². The summed E-state index contributed by atoms with van der Waals surface area (Å²) in [6.45, 7) is 2.36. The molecular formula is C18H17BrN2O5. The lowest BCUT2D eigenvalue weighted by atomic mass is 10.2. The highest BCUT2D eigenvalue weighted by molar-refractivity contribution is 9.10. The molecule has 0 bridgehead atoms. The minimum Gasteiger partial charge on any atom is -0.496 e. The number of hydrogen-bond acceptors (Lipinski definition) is 5. The van der Waals surface area contributed by atoms with E-state index in [2.05, 4.69) is 21.2 Å². The van der Waals surface area contributed by atoms with E-state index in [1.165, 1.54) is 31.4 Å². The number of amides is 1. The second-order valence-electron chi connectivity index (χ2n) is 5.08. The molecule has 1 N–H and O–H groups in total. The Morgan fingerprint density at radius 2 is 2.08 bits per heavy atom. The zero-order chi connectivity index (χ0) is 19.1. The van der Waals surface area contributed by atoms with Crippen LogP contribution in [-0.4, -0.2) is 24.5 Å². The van der Waals surface area contributed by atoms with Gasteiger partial charge in [0.25, 0.3) is 5.69 Å². The summed E-state index contributed by atoms with van der Waals surface area (Å²) in [4.78, 5) is 22.7. The van der Waals surface area contributed by atoms with Crippen molar-refractivity contribution in [3.05, 3.63) is 62.6 Å². The fourth-order valence-electron chi connectivity index (χ4n) is 2.17. The van der Waals surface area contributed by atoms with E-state index in [1.807, 2.05) is 19.1 Å². The minimum absolute atomic E-state index is 0.0877. The predicted molar refractivity (Wildman–Crippen MR) is 103 cm³/mol. The van der Waals surface area contributed by atoms with Crippen LogP contribution in [0.15, 0.2) is 46.9 Å². The lowest BCUT2D eigenvalue weighted by Gasteiger charge is -2.08. The number of rotatable bonds is 7. The third-order valence-corrected chi connectivity index (χ3v) is 3.84. The molecule has 7 nitrogen and oxygen atoms in total. The smallest absolute Gasteiger partial charge is 0.296 e. The first-order valence-electron chi connectivity index (χ1n) is 7.68. The summed E-state index contributed by atoms with van der Waals surface area (Å²) < 4.78 is 11.3. The lowest BCUT2D eigenvalue weighted by molar-refractivity contribution is -0.384. The van der Waals surface area contributed by atoms with Gasteiger partial charge in [0.2, 0.25) is 5.91 Å². The van der Waals surface area contributed by atoms with Crippen LogP contribution in [0.2, 0.25) is 0 Å². The molecule has 136 valence electrons. The molecule has 0 radical (unpaired) electrons. The predicted octanol–water partition coefficient (Wildman–Crippen LogP) is 4.42. The Hall–Kier alpha value is -2.87. The van der Waals surface area contributed by atoms with Gasteiger partial charge in [0, 0.05) is 16.1 Å². The third-order valence-electron chi connectivity index (χ3n) is 3.35. The van der Waals surface area contributed by atoms with Gasteiger partial charge in [-0.1, -0.05) is 15.9 Å². The monoisotopic (exact) mass is 420 g/mol. The number of ether oxygens (including phenoxy) is 2. The molecule has 0 aliphatic carbocycles. The van der Waals surface area contributed by atoms with Crippen LogP contribution in [0.5, 0.6) is 11.5 Å². The van der Waals surface area contributed by atoms with Crippen molar-refractivity contribution in [1.82, 2.24) is 0 Å². The summed E-state index contributed by atoms with van der Waals surface area (Å²) in [5.41, 5.74) is 0.550. The average Bonchev–Trinajstić information content (AvgIpc) is 2.62. The van der Waals surface area contributed by atoms with E-state index in [0.29, 0.717) is 23.7 Å². The number of nitrogens with zero attached hydrogens (tertiary/aromatic N) is 1. The molecule has 0 saturated heterocycles. The lowest BCUT2D eigenvalue weighted by Crippen LogP contribution is -2.09. The van der Waals surface area contributed by atoms with Gasteiger partial charge in [-0.3, -0.25) is 14.9 Å². The molecular weight excluding hydrogens is 404 g/mol. The molecule has 0 aliphatic heterocycles. The van der Waals surface area contributed by atoms with Crippen molar-refractivity contribution in [2.45, 2.75) is 6.92 Å². The SMILES string of the molecule is CCOc1ccc(Br)cc1/C=C/C(=O)Nc1ccc(OC)cc1[N+](=O)[O-]. The molecule has 0 unspecified atom stereocenters. The number of halogens is 1. The Morgan fingerprint density at radius 3 is 2.73 bits per heavy atom. The van der Waals surface area contributed by atoms with Gasteiger partial charge in [-0.25, -0.2) is 0 Å². The molecule has 0 saturated carbocycles. The number of anilines is 1. The fourth-order valence-corrected chi connectivity index (χ4v) is 2.55. The summed E-state index contributed by atoms with van der Waals surface area (Å²) in [6.07, 6.45) is 2.87. The Morgan fingerprint density at radius 1 is 1.31 bits per heavy atom. The first-order chi connectivity index (χ1) is 12.4. The fraction of sp³-hybridized carbons (Fsp3) is 0.167. The summed E-state index contributed by atoms with van der Waals surface area (Å²) in [6, 6.07) is 9.65. The molecule has 2 rings (SSSR count). The van der Waals surface area contributed by atoms with Crippen LogP contribution in [-0.2, 0) is 4.79 Å². The van der Waals surface area contributed by atoms with Crippen LogP contribution in [0.4, 0.5) is 11.4 Å². The quantitative estimate of drug-likeness (QED) is 0.406. The first-order valence-corrected chi connectivity index (χ1v) is 8.47. The molecule has 2 aromatic rings. The Balaban J connectivity index is 2.20. The molecule has 26 heavy (non-hydrogen) atoms. The highest BCUT2D eigenvalue weighted by Gasteiger charge is 2.16. The Labute approximate surface area is 158 Å². The summed E-state index contributed by atoms with van der Waals surface area (Å²) in [5, 5.41) is 13.7. The highest BCUT2D eigenvalue weighted by Crippen LogP contribution is 2.29. The number of benzene rings is 2. The maximum absolute atomic E-state index is 12.2. The molecule has 0 atom stereocenters. The van der Waals surface area contributed by atoms with E-state index in [9.17, 15) is 14.9 Å². The van der Waals surface area contributed by atoms with Crippen LogP contribution >= 0.6 is 15.9 Å². The second-order valence-corrected chi connectivity index (χ2v) is 5.99. The van der Waals surface area contributed by atoms with Crippen molar-refractivity contribution in [3.8, 4) is 11.5 Å². The van der Waals surface area contributed by atoms with E-state index >= 15 is 0 Å². The molecule has 0 fully saturated rings. The number of nitro benzene ring substituents is 1. The van der Waals surface area contributed by atoms with Crippen LogP contribution in [0.3, 0.4) is 0 Å². The zero-order valence-electron chi connectivity index (χ0n) is 14.2. The third kappa shape index (κ3) is 5.06. The van der Waals surface area contributed by atoms with Crippen molar-refractivity contribution in [1.29, 1.82) is 0 Å². The van der Waals surface area contributed by atoms with Gasteiger partial charge in [-0.15, -0.1) is 0 Å². The van der Waals surface area contributed by atoms with Gasteiger partial charge < -0.3 is 14.8 Å². The molecule has 0 aliphatic rings. The van der Waals surface area contributed by atoms with Crippen LogP contribution in [0.1, 0.15) is 12.5 Å². The van der Waals surface area contributed by atoms with Crippen molar-refractivity contribution >= 4 is 39.3 Å². The van der Waals surface area contributed by atoms with Gasteiger partial charge in [-0.2, -0.15) is 0 Å². The number of methoxy groups -OCH3 is 1. The number of carbonyl (C=O) groups excluding carboxylic acids is 1. The summed E-state index contributed by atoms with van der Waals surface area (Å²) in [5.74, 6) is 0.469. The van der Waals surface area contributed by atoms with Crippen LogP contribution in [0.25, 0.3) is 6.08 Å². The molecule has 0 aromatic heterocycles. The van der Waals surface area contributed by atoms with E-state index < -0.39 is 10.8 Å². The van der Waals surface area contributed by atoms with Gasteiger partial charge in [0.15, 0.2) is 0 Å². The molecule has 1 amide bonds. The van der Waals surface area contributed by atoms with E-state index in [1.54, 1.807) is 12.1 Å². The molecule has 0 spiro atoms. The van der Waals surface area contributed by atoms with Crippen molar-refractivity contribution in [3.63, 3.8) is 0 Å². The number of nitrogens with one attached hydrogen (secondary N) is 1.